The molecule has 2 aromatic heterocycles. The molecule has 32 heavy (non-hydrogen) atoms. The van der Waals surface area contributed by atoms with Crippen molar-refractivity contribution in [1.29, 1.82) is 0 Å². The Balaban J connectivity index is 1.95. The van der Waals surface area contributed by atoms with Gasteiger partial charge < -0.3 is 19.9 Å². The minimum atomic E-state index is -1.05. The predicted octanol–water partition coefficient (Wildman–Crippen LogP) is 1.52. The van der Waals surface area contributed by atoms with Crippen LogP contribution in [0, 0.1) is 5.82 Å². The number of carbonyl (C=O) groups is 2. The van der Waals surface area contributed by atoms with Crippen molar-refractivity contribution in [1.82, 2.24) is 14.9 Å². The smallest absolute Gasteiger partial charge is 0.347 e. The topological polar surface area (TPSA) is 120 Å². The number of benzene rings is 1. The van der Waals surface area contributed by atoms with Crippen LogP contribution in [0.5, 0.6) is 11.5 Å². The summed E-state index contributed by atoms with van der Waals surface area (Å²) >= 11 is 0. The normalized spacial score (nSPS) is 14.7. The molecule has 1 aromatic carbocycles. The predicted molar refractivity (Wildman–Crippen MR) is 111 cm³/mol. The van der Waals surface area contributed by atoms with Crippen LogP contribution in [0.2, 0.25) is 0 Å². The van der Waals surface area contributed by atoms with Crippen LogP contribution in [0.25, 0.3) is 11.0 Å². The third kappa shape index (κ3) is 3.53. The minimum Gasteiger partial charge on any atom is -0.505 e. The van der Waals surface area contributed by atoms with E-state index in [9.17, 15) is 23.9 Å². The Kier molecular flexibility index (Phi) is 5.52. The Bertz CT molecular complexity index is 1290. The van der Waals surface area contributed by atoms with E-state index in [0.29, 0.717) is 5.56 Å². The summed E-state index contributed by atoms with van der Waals surface area (Å²) in [7, 11) is 1.44. The number of amides is 1. The molecule has 0 bridgehead atoms. The first-order valence-electron chi connectivity index (χ1n) is 9.92. The molecule has 2 N–H and O–H groups in total. The molecule has 0 fully saturated rings. The number of hydrogen-bond donors (Lipinski definition) is 2. The molecule has 0 aliphatic carbocycles. The number of aromatic nitrogens is 2. The van der Waals surface area contributed by atoms with Gasteiger partial charge in [0.25, 0.3) is 11.5 Å². The SMILES string of the molecule is CCOC(=O)c1c(O)c2ncc(Cc3ccc(F)cc3)c3c2n(c1=O)CC(C(=O)NC)O3. The summed E-state index contributed by atoms with van der Waals surface area (Å²) in [5.41, 5.74) is 0.0420. The maximum Gasteiger partial charge on any atom is 0.347 e. The third-order valence-corrected chi connectivity index (χ3v) is 5.21. The summed E-state index contributed by atoms with van der Waals surface area (Å²) in [4.78, 5) is 42.1. The van der Waals surface area contributed by atoms with Gasteiger partial charge in [0.05, 0.1) is 13.2 Å². The van der Waals surface area contributed by atoms with Gasteiger partial charge >= 0.3 is 5.97 Å². The van der Waals surface area contributed by atoms with Crippen molar-refractivity contribution in [3.63, 3.8) is 0 Å². The number of ether oxygens (including phenoxy) is 2. The molecule has 0 spiro atoms. The monoisotopic (exact) mass is 441 g/mol. The number of likely N-dealkylation sites (N-methyl/N-ethyl adjacent to an activating group) is 1. The first-order valence-corrected chi connectivity index (χ1v) is 9.92. The van der Waals surface area contributed by atoms with Crippen molar-refractivity contribution in [2.75, 3.05) is 13.7 Å². The van der Waals surface area contributed by atoms with Crippen molar-refractivity contribution < 1.29 is 28.6 Å². The zero-order chi connectivity index (χ0) is 23.0. The van der Waals surface area contributed by atoms with Crippen molar-refractivity contribution in [3.8, 4) is 11.5 Å². The lowest BCUT2D eigenvalue weighted by Crippen LogP contribution is -2.45. The van der Waals surface area contributed by atoms with E-state index in [1.807, 2.05) is 0 Å². The minimum absolute atomic E-state index is 0.00894. The molecule has 1 aliphatic heterocycles. The van der Waals surface area contributed by atoms with Crippen LogP contribution < -0.4 is 15.6 Å². The lowest BCUT2D eigenvalue weighted by atomic mass is 10.0. The largest absolute Gasteiger partial charge is 0.505 e. The average Bonchev–Trinajstić information content (AvgIpc) is 2.79. The molecule has 10 heteroatoms. The molecular weight excluding hydrogens is 421 g/mol. The number of hydrogen-bond acceptors (Lipinski definition) is 7. The molecule has 1 amide bonds. The third-order valence-electron chi connectivity index (χ3n) is 5.21. The van der Waals surface area contributed by atoms with Crippen LogP contribution in [0.1, 0.15) is 28.4 Å². The zero-order valence-electron chi connectivity index (χ0n) is 17.3. The Morgan fingerprint density at radius 1 is 1.34 bits per heavy atom. The molecule has 1 aliphatic rings. The number of aromatic hydroxyl groups is 1. The van der Waals surface area contributed by atoms with E-state index in [-0.39, 0.29) is 42.2 Å². The van der Waals surface area contributed by atoms with E-state index in [1.165, 1.54) is 29.9 Å². The summed E-state index contributed by atoms with van der Waals surface area (Å²) in [6, 6.07) is 5.83. The summed E-state index contributed by atoms with van der Waals surface area (Å²) in [6.45, 7) is 1.40. The van der Waals surface area contributed by atoms with Gasteiger partial charge in [-0.15, -0.1) is 0 Å². The fourth-order valence-corrected chi connectivity index (χ4v) is 3.69. The number of halogens is 1. The maximum atomic E-state index is 13.3. The molecule has 1 unspecified atom stereocenters. The number of nitrogens with one attached hydrogen (secondary N) is 1. The summed E-state index contributed by atoms with van der Waals surface area (Å²) in [5.74, 6) is -2.26. The maximum absolute atomic E-state index is 13.3. The van der Waals surface area contributed by atoms with Crippen molar-refractivity contribution in [3.05, 3.63) is 63.3 Å². The van der Waals surface area contributed by atoms with Crippen LogP contribution in [0.3, 0.4) is 0 Å². The van der Waals surface area contributed by atoms with Gasteiger partial charge in [0, 0.05) is 25.2 Å². The highest BCUT2D eigenvalue weighted by atomic mass is 19.1. The number of pyridine rings is 2. The van der Waals surface area contributed by atoms with E-state index >= 15 is 0 Å². The zero-order valence-corrected chi connectivity index (χ0v) is 17.3. The van der Waals surface area contributed by atoms with Crippen molar-refractivity contribution in [2.24, 2.45) is 0 Å². The second-order valence-corrected chi connectivity index (χ2v) is 7.19. The molecule has 166 valence electrons. The first kappa shape index (κ1) is 21.3. The standard InChI is InChI=1S/C22H20FN3O6/c1-3-31-22(30)15-18(27)16-17-19(32-14(20(28)24-2)10-26(17)21(15)29)12(9-25-16)8-11-4-6-13(23)7-5-11/h4-7,9,14,27H,3,8,10H2,1-2H3,(H,24,28). The second-order valence-electron chi connectivity index (χ2n) is 7.19. The van der Waals surface area contributed by atoms with Crippen LogP contribution in [-0.4, -0.2) is 46.3 Å². The first-order chi connectivity index (χ1) is 15.3. The Labute approximate surface area is 181 Å². The van der Waals surface area contributed by atoms with Gasteiger partial charge in [0.1, 0.15) is 16.9 Å². The highest BCUT2D eigenvalue weighted by Crippen LogP contribution is 2.37. The van der Waals surface area contributed by atoms with Crippen LogP contribution >= 0.6 is 0 Å². The molecule has 1 atom stereocenters. The quantitative estimate of drug-likeness (QED) is 0.576. The van der Waals surface area contributed by atoms with Gasteiger partial charge in [0.15, 0.2) is 23.2 Å². The van der Waals surface area contributed by atoms with Crippen LogP contribution in [0.15, 0.2) is 35.3 Å². The summed E-state index contributed by atoms with van der Waals surface area (Å²) < 4.78 is 25.3. The van der Waals surface area contributed by atoms with E-state index in [2.05, 4.69) is 10.3 Å². The molecule has 4 rings (SSSR count). The lowest BCUT2D eigenvalue weighted by molar-refractivity contribution is -0.128. The second kappa shape index (κ2) is 8.29. The van der Waals surface area contributed by atoms with E-state index in [0.717, 1.165) is 5.56 Å². The molecule has 3 aromatic rings. The Hall–Kier alpha value is -3.95. The highest BCUT2D eigenvalue weighted by molar-refractivity contribution is 6.00. The van der Waals surface area contributed by atoms with Crippen LogP contribution in [0.4, 0.5) is 4.39 Å². The number of nitrogens with zero attached hydrogens (tertiary/aromatic N) is 2. The average molecular weight is 441 g/mol. The lowest BCUT2D eigenvalue weighted by Gasteiger charge is -2.28. The molecule has 3 heterocycles. The van der Waals surface area contributed by atoms with Gasteiger partial charge in [-0.05, 0) is 24.6 Å². The van der Waals surface area contributed by atoms with Gasteiger partial charge in [-0.1, -0.05) is 12.1 Å². The number of esters is 1. The van der Waals surface area contributed by atoms with Gasteiger partial charge in [-0.25, -0.2) is 9.18 Å². The fourth-order valence-electron chi connectivity index (χ4n) is 3.69. The number of rotatable bonds is 5. The van der Waals surface area contributed by atoms with E-state index in [4.69, 9.17) is 9.47 Å². The molecular formula is C22H20FN3O6. The van der Waals surface area contributed by atoms with E-state index < -0.39 is 34.9 Å². The highest BCUT2D eigenvalue weighted by Gasteiger charge is 2.34. The molecule has 0 saturated heterocycles. The number of carbonyl (C=O) groups excluding carboxylic acids is 2. The van der Waals surface area contributed by atoms with Crippen LogP contribution in [-0.2, 0) is 22.5 Å². The Morgan fingerprint density at radius 3 is 2.72 bits per heavy atom. The van der Waals surface area contributed by atoms with Gasteiger partial charge in [-0.2, -0.15) is 0 Å². The molecule has 0 radical (unpaired) electrons. The molecule has 9 nitrogen and oxygen atoms in total. The van der Waals surface area contributed by atoms with Crippen molar-refractivity contribution >= 4 is 22.9 Å². The molecule has 0 saturated carbocycles. The van der Waals surface area contributed by atoms with Crippen molar-refractivity contribution in [2.45, 2.75) is 26.0 Å². The van der Waals surface area contributed by atoms with E-state index in [1.54, 1.807) is 19.1 Å². The fraction of sp³-hybridized carbons (Fsp3) is 0.273. The summed E-state index contributed by atoms with van der Waals surface area (Å²) in [6.07, 6.45) is 0.645. The van der Waals surface area contributed by atoms with Gasteiger partial charge in [-0.3, -0.25) is 19.1 Å². The summed E-state index contributed by atoms with van der Waals surface area (Å²) in [5, 5.41) is 13.2. The van der Waals surface area contributed by atoms with Gasteiger partial charge in [0.2, 0.25) is 0 Å². The Morgan fingerprint density at radius 2 is 2.06 bits per heavy atom.